The molecule has 0 atom stereocenters. The molecule has 210 valence electrons. The highest BCUT2D eigenvalue weighted by molar-refractivity contribution is 6.21. The Morgan fingerprint density at radius 2 is 0.911 bits per heavy atom. The molecule has 0 N–H and O–H groups in total. The zero-order valence-electron chi connectivity index (χ0n) is 40.3. The smallest absolute Gasteiger partial charge is 0.143 e. The van der Waals surface area contributed by atoms with Crippen molar-refractivity contribution in [2.45, 2.75) is 0 Å². The third-order valence-corrected chi connectivity index (χ3v) is 7.88. The first-order valence-corrected chi connectivity index (χ1v) is 14.1. The summed E-state index contributed by atoms with van der Waals surface area (Å²) in [5, 5.41) is -0.699. The topological polar surface area (TPSA) is 13.1 Å². The Balaban J connectivity index is 1.47. The lowest BCUT2D eigenvalue weighted by Crippen LogP contribution is -1.90. The fourth-order valence-electron chi connectivity index (χ4n) is 5.98. The first-order chi connectivity index (χ1) is 29.4. The van der Waals surface area contributed by atoms with Gasteiger partial charge in [-0.3, -0.25) is 0 Å². The number of fused-ring (bicyclic) bond motifs is 5. The van der Waals surface area contributed by atoms with Crippen molar-refractivity contribution in [1.82, 2.24) is 0 Å². The molecule has 0 unspecified atom stereocenters. The lowest BCUT2D eigenvalue weighted by molar-refractivity contribution is 0.670. The Morgan fingerprint density at radius 1 is 0.378 bits per heavy atom. The fourth-order valence-corrected chi connectivity index (χ4v) is 5.98. The summed E-state index contributed by atoms with van der Waals surface area (Å²) in [4.78, 5) is 0. The van der Waals surface area contributed by atoms with E-state index in [4.69, 9.17) is 16.8 Å². The molecule has 0 aliphatic carbocycles. The van der Waals surface area contributed by atoms with E-state index in [-0.39, 0.29) is 16.7 Å². The van der Waals surface area contributed by atoms with Crippen molar-refractivity contribution < 1.29 is 27.7 Å². The second-order valence-electron chi connectivity index (χ2n) is 10.3. The number of benzene rings is 8. The summed E-state index contributed by atoms with van der Waals surface area (Å²) in [6.07, 6.45) is 0. The van der Waals surface area contributed by atoms with E-state index in [1.54, 1.807) is 18.2 Å². The Labute approximate surface area is 285 Å². The van der Waals surface area contributed by atoms with Gasteiger partial charge in [0, 0.05) is 16.3 Å². The number of hydrogen-bond acceptors (Lipinski definition) is 1. The van der Waals surface area contributed by atoms with E-state index in [1.165, 1.54) is 0 Å². The molecule has 0 aliphatic rings. The van der Waals surface area contributed by atoms with Crippen LogP contribution in [0.4, 0.5) is 0 Å². The molecule has 0 fully saturated rings. The zero-order chi connectivity index (χ0) is 44.5. The van der Waals surface area contributed by atoms with Crippen LogP contribution in [0.5, 0.6) is 0 Å². The van der Waals surface area contributed by atoms with Gasteiger partial charge in [0.25, 0.3) is 0 Å². The molecule has 0 radical (unpaired) electrons. The predicted molar refractivity (Wildman–Crippen MR) is 190 cm³/mol. The molecule has 0 saturated heterocycles. The normalized spacial score (nSPS) is 16.8. The SMILES string of the molecule is [2H]c1c([2H])c([2H])c(-c2c3c([2H])c([2H])c([2H])c([2H])c3c(-c3c([2H])c([2H])c(-c4cccc5c4oc4cccc(-c6ccccc6)c45)c([2H])c3[2H])c3c([2H])c([2H])c([2H])c([2H])c23)c([2H])c1[2H]. The monoisotopic (exact) mass is 589 g/mol. The van der Waals surface area contributed by atoms with Crippen molar-refractivity contribution in [1.29, 1.82) is 0 Å². The fraction of sp³-hybridized carbons (Fsp3) is 0. The second kappa shape index (κ2) is 10.4. The van der Waals surface area contributed by atoms with Crippen molar-refractivity contribution in [2.24, 2.45) is 0 Å². The van der Waals surface area contributed by atoms with Gasteiger partial charge in [-0.1, -0.05) is 163 Å². The van der Waals surface area contributed by atoms with Gasteiger partial charge in [-0.15, -0.1) is 0 Å². The highest BCUT2D eigenvalue weighted by Gasteiger charge is 2.18. The van der Waals surface area contributed by atoms with Crippen molar-refractivity contribution in [3.05, 3.63) is 169 Å². The van der Waals surface area contributed by atoms with Crippen molar-refractivity contribution >= 4 is 43.5 Å². The minimum absolute atomic E-state index is 0.178. The molecule has 1 nitrogen and oxygen atoms in total. The molecular formula is C44H28O. The molecule has 0 aliphatic heterocycles. The lowest BCUT2D eigenvalue weighted by atomic mass is 9.85. The van der Waals surface area contributed by atoms with E-state index >= 15 is 0 Å². The highest BCUT2D eigenvalue weighted by atomic mass is 16.3. The minimum Gasteiger partial charge on any atom is -0.455 e. The molecule has 1 heterocycles. The third kappa shape index (κ3) is 4.09. The van der Waals surface area contributed by atoms with Gasteiger partial charge < -0.3 is 4.42 Å². The third-order valence-electron chi connectivity index (χ3n) is 7.88. The summed E-state index contributed by atoms with van der Waals surface area (Å²) >= 11 is 0. The van der Waals surface area contributed by atoms with Crippen LogP contribution in [-0.4, -0.2) is 0 Å². The van der Waals surface area contributed by atoms with Gasteiger partial charge in [0.15, 0.2) is 0 Å². The molecular weight excluding hydrogens is 544 g/mol. The first-order valence-electron chi connectivity index (χ1n) is 22.6. The second-order valence-corrected chi connectivity index (χ2v) is 10.3. The first kappa shape index (κ1) is 13.8. The van der Waals surface area contributed by atoms with E-state index in [9.17, 15) is 11.0 Å². The van der Waals surface area contributed by atoms with Crippen LogP contribution in [0.15, 0.2) is 174 Å². The van der Waals surface area contributed by atoms with Gasteiger partial charge in [0.05, 0.1) is 23.3 Å². The van der Waals surface area contributed by atoms with Crippen LogP contribution in [0.3, 0.4) is 0 Å². The Bertz CT molecular complexity index is 3350. The van der Waals surface area contributed by atoms with Gasteiger partial charge in [-0.25, -0.2) is 0 Å². The van der Waals surface area contributed by atoms with E-state index in [0.29, 0.717) is 11.0 Å². The number of furan rings is 1. The summed E-state index contributed by atoms with van der Waals surface area (Å²) in [6.45, 7) is 0. The molecule has 1 aromatic heterocycles. The summed E-state index contributed by atoms with van der Waals surface area (Å²) in [6, 6.07) is 6.98. The number of hydrogen-bond donors (Lipinski definition) is 0. The average Bonchev–Trinajstić information content (AvgIpc) is 3.67. The average molecular weight is 590 g/mol. The number of rotatable bonds is 4. The quantitative estimate of drug-likeness (QED) is 0.186. The van der Waals surface area contributed by atoms with Crippen LogP contribution < -0.4 is 0 Å². The zero-order valence-corrected chi connectivity index (χ0v) is 23.3. The molecule has 9 rings (SSSR count). The molecule has 0 saturated carbocycles. The van der Waals surface area contributed by atoms with Crippen LogP contribution >= 0.6 is 0 Å². The van der Waals surface area contributed by atoms with Crippen LogP contribution in [0.1, 0.15) is 23.3 Å². The van der Waals surface area contributed by atoms with E-state index in [2.05, 4.69) is 0 Å². The van der Waals surface area contributed by atoms with Gasteiger partial charge in [-0.2, -0.15) is 0 Å². The minimum atomic E-state index is -0.827. The maximum atomic E-state index is 9.54. The molecule has 8 aromatic carbocycles. The van der Waals surface area contributed by atoms with Gasteiger partial charge in [-0.05, 0) is 66.6 Å². The Morgan fingerprint density at radius 3 is 1.56 bits per heavy atom. The van der Waals surface area contributed by atoms with Crippen LogP contribution in [-0.2, 0) is 0 Å². The van der Waals surface area contributed by atoms with Crippen molar-refractivity contribution in [3.63, 3.8) is 0 Å². The molecule has 1 heteroatoms. The Hall–Kier alpha value is -5.92. The molecule has 0 amide bonds. The summed E-state index contributed by atoms with van der Waals surface area (Å²) < 4.78 is 159. The molecule has 0 bridgehead atoms. The lowest BCUT2D eigenvalue weighted by Gasteiger charge is -2.18. The summed E-state index contributed by atoms with van der Waals surface area (Å²) in [7, 11) is 0. The van der Waals surface area contributed by atoms with Crippen LogP contribution in [0, 0.1) is 0 Å². The largest absolute Gasteiger partial charge is 0.455 e. The number of para-hydroxylation sites is 1. The predicted octanol–water partition coefficient (Wildman–Crippen LogP) is 12.6. The van der Waals surface area contributed by atoms with E-state index in [1.807, 2.05) is 48.5 Å². The van der Waals surface area contributed by atoms with Crippen LogP contribution in [0.25, 0.3) is 88.0 Å². The van der Waals surface area contributed by atoms with Gasteiger partial charge >= 0.3 is 0 Å². The van der Waals surface area contributed by atoms with E-state index < -0.39 is 147 Å². The molecule has 9 aromatic rings. The highest BCUT2D eigenvalue weighted by Crippen LogP contribution is 2.45. The maximum absolute atomic E-state index is 9.54. The van der Waals surface area contributed by atoms with E-state index in [0.717, 1.165) is 16.5 Å². The van der Waals surface area contributed by atoms with Crippen LogP contribution in [0.2, 0.25) is 0 Å². The molecule has 45 heavy (non-hydrogen) atoms. The summed E-state index contributed by atoms with van der Waals surface area (Å²) in [5.41, 5.74) is 0.362. The van der Waals surface area contributed by atoms with Gasteiger partial charge in [0.2, 0.25) is 0 Å². The Kier molecular flexibility index (Phi) is 3.18. The standard InChI is InChI=1S/C44H28O/c1-3-13-29(14-4-1)33-21-12-24-40-43(33)39-23-11-22-34(44(39)45-40)30-25-27-32(28-26-30)42-37-19-9-7-17-35(37)41(31-15-5-2-6-16-31)36-18-8-10-20-38(36)42/h1-28H/i2D,5D,6D,7D,8D,9D,10D,15D,16D,17D,18D,19D,20D,25D,26D,27D,28D. The van der Waals surface area contributed by atoms with Crippen molar-refractivity contribution in [3.8, 4) is 44.5 Å². The van der Waals surface area contributed by atoms with Gasteiger partial charge in [0.1, 0.15) is 11.2 Å². The summed E-state index contributed by atoms with van der Waals surface area (Å²) in [5.74, 6) is 0. The molecule has 0 spiro atoms. The maximum Gasteiger partial charge on any atom is 0.143 e. The van der Waals surface area contributed by atoms with Crippen molar-refractivity contribution in [2.75, 3.05) is 0 Å².